The fraction of sp³-hybridized carbons (Fsp3) is 0.0500. The van der Waals surface area contributed by atoms with Gasteiger partial charge in [0.1, 0.15) is 17.1 Å². The van der Waals surface area contributed by atoms with Crippen LogP contribution in [0.1, 0.15) is 10.4 Å². The highest BCUT2D eigenvalue weighted by Gasteiger charge is 2.16. The van der Waals surface area contributed by atoms with Crippen molar-refractivity contribution in [3.05, 3.63) is 76.0 Å². The molecule has 29 heavy (non-hydrogen) atoms. The minimum Gasteiger partial charge on any atom is -0.493 e. The van der Waals surface area contributed by atoms with E-state index < -0.39 is 11.7 Å². The van der Waals surface area contributed by atoms with E-state index in [1.165, 1.54) is 30.6 Å². The molecule has 0 saturated heterocycles. The molecule has 2 aromatic heterocycles. The number of benzene rings is 2. The SMILES string of the molecule is COc1cccc2cc(C(=O)Nc3nccs3)c(=Nc3ccc(Cl)cc3F)oc12. The van der Waals surface area contributed by atoms with Gasteiger partial charge >= 0.3 is 0 Å². The average molecular weight is 430 g/mol. The molecule has 0 spiro atoms. The zero-order valence-electron chi connectivity index (χ0n) is 15.0. The number of ether oxygens (including phenoxy) is 1. The Bertz CT molecular complexity index is 1270. The molecule has 0 bridgehead atoms. The standard InChI is InChI=1S/C20H13ClFN3O3S/c1-27-16-4-2-3-11-9-13(18(26)25-20-23-7-8-29-20)19(28-17(11)16)24-15-6-5-12(21)10-14(15)22/h2-10H,1H3,(H,23,25,26). The molecule has 2 heterocycles. The topological polar surface area (TPSA) is 76.7 Å². The molecule has 0 saturated carbocycles. The number of hydrogen-bond acceptors (Lipinski definition) is 6. The van der Waals surface area contributed by atoms with Crippen LogP contribution in [0.4, 0.5) is 15.2 Å². The predicted molar refractivity (Wildman–Crippen MR) is 109 cm³/mol. The highest BCUT2D eigenvalue weighted by molar-refractivity contribution is 7.13. The lowest BCUT2D eigenvalue weighted by atomic mass is 10.1. The van der Waals surface area contributed by atoms with Crippen LogP contribution < -0.4 is 15.6 Å². The molecule has 0 aliphatic heterocycles. The highest BCUT2D eigenvalue weighted by Crippen LogP contribution is 2.26. The van der Waals surface area contributed by atoms with Crippen molar-refractivity contribution < 1.29 is 18.3 Å². The van der Waals surface area contributed by atoms with Crippen LogP contribution in [0.15, 0.2) is 63.5 Å². The smallest absolute Gasteiger partial charge is 0.262 e. The number of carbonyl (C=O) groups excluding carboxylic acids is 1. The van der Waals surface area contributed by atoms with Gasteiger partial charge in [-0.15, -0.1) is 11.3 Å². The largest absolute Gasteiger partial charge is 0.493 e. The molecular formula is C20H13ClFN3O3S. The van der Waals surface area contributed by atoms with Gasteiger partial charge in [-0.05, 0) is 30.3 Å². The van der Waals surface area contributed by atoms with Crippen molar-refractivity contribution in [2.45, 2.75) is 0 Å². The molecule has 9 heteroatoms. The summed E-state index contributed by atoms with van der Waals surface area (Å²) in [4.78, 5) is 21.1. The molecule has 1 N–H and O–H groups in total. The van der Waals surface area contributed by atoms with Gasteiger partial charge in [-0.2, -0.15) is 0 Å². The Morgan fingerprint density at radius 1 is 1.31 bits per heavy atom. The Morgan fingerprint density at radius 3 is 2.90 bits per heavy atom. The number of methoxy groups -OCH3 is 1. The third-order valence-electron chi connectivity index (χ3n) is 3.99. The van der Waals surface area contributed by atoms with E-state index in [0.29, 0.717) is 21.9 Å². The Labute approximate surface area is 173 Å². The number of amides is 1. The summed E-state index contributed by atoms with van der Waals surface area (Å²) in [6, 6.07) is 10.9. The molecule has 2 aromatic carbocycles. The lowest BCUT2D eigenvalue weighted by Crippen LogP contribution is -2.21. The Balaban J connectivity index is 1.93. The van der Waals surface area contributed by atoms with Crippen LogP contribution in [-0.4, -0.2) is 18.0 Å². The van der Waals surface area contributed by atoms with Crippen molar-refractivity contribution in [1.82, 2.24) is 4.98 Å². The molecule has 6 nitrogen and oxygen atoms in total. The number of thiazole rings is 1. The van der Waals surface area contributed by atoms with E-state index in [0.717, 1.165) is 6.07 Å². The van der Waals surface area contributed by atoms with Crippen molar-refractivity contribution in [2.75, 3.05) is 12.4 Å². The number of aromatic nitrogens is 1. The van der Waals surface area contributed by atoms with Crippen molar-refractivity contribution >= 4 is 50.6 Å². The molecule has 0 fully saturated rings. The van der Waals surface area contributed by atoms with Crippen molar-refractivity contribution in [3.63, 3.8) is 0 Å². The van der Waals surface area contributed by atoms with Gasteiger partial charge in [0.2, 0.25) is 5.55 Å². The van der Waals surface area contributed by atoms with Crippen LogP contribution in [0.3, 0.4) is 0 Å². The lowest BCUT2D eigenvalue weighted by Gasteiger charge is -2.08. The van der Waals surface area contributed by atoms with E-state index in [2.05, 4.69) is 15.3 Å². The van der Waals surface area contributed by atoms with Gasteiger partial charge in [-0.25, -0.2) is 14.4 Å². The maximum absolute atomic E-state index is 14.3. The second-order valence-electron chi connectivity index (χ2n) is 5.84. The number of fused-ring (bicyclic) bond motifs is 1. The van der Waals surface area contributed by atoms with Gasteiger partial charge in [-0.1, -0.05) is 23.7 Å². The van der Waals surface area contributed by atoms with Crippen molar-refractivity contribution in [1.29, 1.82) is 0 Å². The maximum atomic E-state index is 14.3. The number of hydrogen-bond donors (Lipinski definition) is 1. The van der Waals surface area contributed by atoms with Crippen LogP contribution in [0.5, 0.6) is 5.75 Å². The van der Waals surface area contributed by atoms with E-state index in [-0.39, 0.29) is 21.8 Å². The molecule has 0 radical (unpaired) electrons. The molecule has 0 unspecified atom stereocenters. The highest BCUT2D eigenvalue weighted by atomic mass is 35.5. The van der Waals surface area contributed by atoms with Crippen LogP contribution >= 0.6 is 22.9 Å². The van der Waals surface area contributed by atoms with Crippen molar-refractivity contribution in [2.24, 2.45) is 4.99 Å². The monoisotopic (exact) mass is 429 g/mol. The number of nitrogens with one attached hydrogen (secondary N) is 1. The minimum atomic E-state index is -0.640. The fourth-order valence-electron chi connectivity index (χ4n) is 2.66. The van der Waals surface area contributed by atoms with Gasteiger partial charge in [-0.3, -0.25) is 10.1 Å². The first kappa shape index (κ1) is 19.1. The Hall–Kier alpha value is -3.23. The van der Waals surface area contributed by atoms with Gasteiger partial charge in [0, 0.05) is 22.0 Å². The molecule has 0 aliphatic rings. The third-order valence-corrected chi connectivity index (χ3v) is 4.91. The summed E-state index contributed by atoms with van der Waals surface area (Å²) in [6.07, 6.45) is 1.57. The maximum Gasteiger partial charge on any atom is 0.262 e. The number of para-hydroxylation sites is 1. The first-order valence-electron chi connectivity index (χ1n) is 8.36. The predicted octanol–water partition coefficient (Wildman–Crippen LogP) is 5.18. The number of carbonyl (C=O) groups is 1. The Kier molecular flexibility index (Phi) is 5.28. The van der Waals surface area contributed by atoms with Gasteiger partial charge in [0.25, 0.3) is 5.91 Å². The first-order valence-corrected chi connectivity index (χ1v) is 9.62. The molecule has 0 aliphatic carbocycles. The summed E-state index contributed by atoms with van der Waals surface area (Å²) in [5.41, 5.74) is 0.414. The van der Waals surface area contributed by atoms with Crippen LogP contribution in [-0.2, 0) is 0 Å². The summed E-state index contributed by atoms with van der Waals surface area (Å²) in [6.45, 7) is 0. The summed E-state index contributed by atoms with van der Waals surface area (Å²) >= 11 is 7.08. The first-order chi connectivity index (χ1) is 14.0. The number of rotatable bonds is 4. The van der Waals surface area contributed by atoms with E-state index in [9.17, 15) is 9.18 Å². The molecule has 1 amide bonds. The summed E-state index contributed by atoms with van der Waals surface area (Å²) in [5.74, 6) is -0.664. The summed E-state index contributed by atoms with van der Waals surface area (Å²) in [7, 11) is 1.50. The third kappa shape index (κ3) is 3.98. The summed E-state index contributed by atoms with van der Waals surface area (Å²) in [5, 5.41) is 5.71. The number of nitrogens with zero attached hydrogens (tertiary/aromatic N) is 2. The Morgan fingerprint density at radius 2 is 2.17 bits per heavy atom. The number of anilines is 1. The lowest BCUT2D eigenvalue weighted by molar-refractivity contribution is 0.102. The minimum absolute atomic E-state index is 0.0179. The van der Waals surface area contributed by atoms with Gasteiger partial charge in [0.05, 0.1) is 7.11 Å². The van der Waals surface area contributed by atoms with Gasteiger partial charge < -0.3 is 9.15 Å². The zero-order valence-corrected chi connectivity index (χ0v) is 16.6. The van der Waals surface area contributed by atoms with Crippen LogP contribution in [0, 0.1) is 5.82 Å². The molecule has 146 valence electrons. The normalized spacial score (nSPS) is 11.6. The second kappa shape index (κ2) is 8.02. The second-order valence-corrected chi connectivity index (χ2v) is 7.17. The van der Waals surface area contributed by atoms with E-state index in [4.69, 9.17) is 20.8 Å². The molecule has 4 rings (SSSR count). The van der Waals surface area contributed by atoms with Gasteiger partial charge in [0.15, 0.2) is 16.5 Å². The number of halogens is 2. The molecule has 0 atom stereocenters. The van der Waals surface area contributed by atoms with E-state index >= 15 is 0 Å². The van der Waals surface area contributed by atoms with Crippen molar-refractivity contribution in [3.8, 4) is 5.75 Å². The van der Waals surface area contributed by atoms with Crippen LogP contribution in [0.25, 0.3) is 11.0 Å². The van der Waals surface area contributed by atoms with Crippen LogP contribution in [0.2, 0.25) is 5.02 Å². The molecular weight excluding hydrogens is 417 g/mol. The van der Waals surface area contributed by atoms with E-state index in [1.807, 2.05) is 0 Å². The quantitative estimate of drug-likeness (QED) is 0.485. The average Bonchev–Trinajstić information content (AvgIpc) is 3.22. The molecule has 4 aromatic rings. The van der Waals surface area contributed by atoms with E-state index in [1.54, 1.807) is 35.8 Å². The zero-order chi connectivity index (χ0) is 20.4. The fourth-order valence-corrected chi connectivity index (χ4v) is 3.34. The summed E-state index contributed by atoms with van der Waals surface area (Å²) < 4.78 is 25.5.